The molecule has 2 N–H and O–H groups in total. The summed E-state index contributed by atoms with van der Waals surface area (Å²) in [7, 11) is 2.58. The second-order valence-corrected chi connectivity index (χ2v) is 3.33. The van der Waals surface area contributed by atoms with Crippen LogP contribution >= 0.6 is 0 Å². The molecule has 0 aliphatic carbocycles. The van der Waals surface area contributed by atoms with E-state index >= 15 is 0 Å². The molecule has 0 saturated heterocycles. The van der Waals surface area contributed by atoms with Crippen LogP contribution in [0.3, 0.4) is 0 Å². The van der Waals surface area contributed by atoms with Gasteiger partial charge in [0, 0.05) is 12.0 Å². The molecule has 0 amide bonds. The number of aryl methyl sites for hydroxylation is 1. The number of carboxylic acid groups (broad SMARTS) is 1. The van der Waals surface area contributed by atoms with Crippen molar-refractivity contribution >= 4 is 5.97 Å². The Balaban J connectivity index is 3.15. The molecule has 0 saturated carbocycles. The average molecular weight is 244 g/mol. The Kier molecular flexibility index (Phi) is 4.14. The van der Waals surface area contributed by atoms with Gasteiger partial charge in [-0.05, 0) is 12.5 Å². The molecule has 17 heavy (non-hydrogen) atoms. The largest absolute Gasteiger partial charge is 0.505 e. The summed E-state index contributed by atoms with van der Waals surface area (Å²) in [5, 5.41) is 18.1. The van der Waals surface area contributed by atoms with Gasteiger partial charge in [0.05, 0.1) is 14.2 Å². The van der Waals surface area contributed by atoms with Crippen molar-refractivity contribution in [1.29, 1.82) is 0 Å². The van der Waals surface area contributed by atoms with Gasteiger partial charge < -0.3 is 19.7 Å². The van der Waals surface area contributed by atoms with Crippen LogP contribution in [0.2, 0.25) is 0 Å². The van der Waals surface area contributed by atoms with Crippen LogP contribution < -0.4 is 9.47 Å². The first-order valence-corrected chi connectivity index (χ1v) is 4.85. The Morgan fingerprint density at radius 1 is 1.41 bits per heavy atom. The lowest BCUT2D eigenvalue weighted by molar-refractivity contribution is -0.136. The molecule has 94 valence electrons. The second kappa shape index (κ2) is 5.38. The molecule has 1 rings (SSSR count). The monoisotopic (exact) mass is 244 g/mol. The third-order valence-corrected chi connectivity index (χ3v) is 2.27. The van der Waals surface area contributed by atoms with Crippen LogP contribution in [0, 0.1) is 5.82 Å². The third-order valence-electron chi connectivity index (χ3n) is 2.27. The zero-order valence-corrected chi connectivity index (χ0v) is 9.49. The molecule has 0 heterocycles. The van der Waals surface area contributed by atoms with Gasteiger partial charge in [-0.25, -0.2) is 0 Å². The van der Waals surface area contributed by atoms with E-state index in [4.69, 9.17) is 14.6 Å². The minimum absolute atomic E-state index is 0.0123. The van der Waals surface area contributed by atoms with Crippen molar-refractivity contribution in [2.75, 3.05) is 14.2 Å². The number of halogens is 1. The van der Waals surface area contributed by atoms with Crippen LogP contribution in [-0.4, -0.2) is 30.4 Å². The first-order valence-electron chi connectivity index (χ1n) is 4.85. The number of aromatic hydroxyl groups is 1. The summed E-state index contributed by atoms with van der Waals surface area (Å²) < 4.78 is 23.3. The van der Waals surface area contributed by atoms with Gasteiger partial charge in [0.15, 0.2) is 11.5 Å². The van der Waals surface area contributed by atoms with Gasteiger partial charge in [-0.2, -0.15) is 4.39 Å². The molecule has 0 aromatic heterocycles. The molecular formula is C11H13FO5. The Hall–Kier alpha value is -1.98. The summed E-state index contributed by atoms with van der Waals surface area (Å²) in [6.45, 7) is 0. The Morgan fingerprint density at radius 3 is 2.53 bits per heavy atom. The van der Waals surface area contributed by atoms with E-state index in [9.17, 15) is 14.3 Å². The van der Waals surface area contributed by atoms with Gasteiger partial charge in [0.25, 0.3) is 0 Å². The number of methoxy groups -OCH3 is 2. The molecule has 0 unspecified atom stereocenters. The van der Waals surface area contributed by atoms with E-state index in [-0.39, 0.29) is 29.9 Å². The van der Waals surface area contributed by atoms with Crippen molar-refractivity contribution in [3.63, 3.8) is 0 Å². The summed E-state index contributed by atoms with van der Waals surface area (Å²) in [5.74, 6) is -2.68. The van der Waals surface area contributed by atoms with E-state index in [0.29, 0.717) is 0 Å². The SMILES string of the molecule is COc1cc(CCC(=O)O)c(O)c(F)c1OC. The van der Waals surface area contributed by atoms with Crippen molar-refractivity contribution < 1.29 is 28.9 Å². The highest BCUT2D eigenvalue weighted by Crippen LogP contribution is 2.38. The first-order chi connectivity index (χ1) is 8.01. The Bertz CT molecular complexity index is 430. The summed E-state index contributed by atoms with van der Waals surface area (Å²) in [5.41, 5.74) is 0.169. The number of hydrogen-bond donors (Lipinski definition) is 2. The molecule has 5 nitrogen and oxygen atoms in total. The summed E-state index contributed by atoms with van der Waals surface area (Å²) in [6, 6.07) is 1.36. The number of benzene rings is 1. The number of phenols is 1. The highest BCUT2D eigenvalue weighted by Gasteiger charge is 2.19. The van der Waals surface area contributed by atoms with Gasteiger partial charge >= 0.3 is 5.97 Å². The van der Waals surface area contributed by atoms with Crippen LogP contribution in [0.5, 0.6) is 17.2 Å². The zero-order chi connectivity index (χ0) is 13.0. The van der Waals surface area contributed by atoms with E-state index < -0.39 is 17.5 Å². The number of ether oxygens (including phenoxy) is 2. The second-order valence-electron chi connectivity index (χ2n) is 3.33. The molecule has 0 aliphatic heterocycles. The molecule has 0 spiro atoms. The number of rotatable bonds is 5. The predicted octanol–water partition coefficient (Wildman–Crippen LogP) is 1.57. The van der Waals surface area contributed by atoms with Gasteiger partial charge in [-0.15, -0.1) is 0 Å². The first kappa shape index (κ1) is 13.1. The van der Waals surface area contributed by atoms with Gasteiger partial charge in [-0.1, -0.05) is 0 Å². The minimum atomic E-state index is -1.03. The Morgan fingerprint density at radius 2 is 2.06 bits per heavy atom. The molecule has 6 heteroatoms. The van der Waals surface area contributed by atoms with Gasteiger partial charge in [-0.3, -0.25) is 4.79 Å². The van der Waals surface area contributed by atoms with E-state index in [2.05, 4.69) is 0 Å². The molecule has 0 bridgehead atoms. The van der Waals surface area contributed by atoms with Crippen LogP contribution in [0.25, 0.3) is 0 Å². The highest BCUT2D eigenvalue weighted by atomic mass is 19.1. The van der Waals surface area contributed by atoms with Crippen LogP contribution in [0.15, 0.2) is 6.07 Å². The average Bonchev–Trinajstić information content (AvgIpc) is 2.30. The number of carboxylic acids is 1. The van der Waals surface area contributed by atoms with Crippen LogP contribution in [-0.2, 0) is 11.2 Å². The molecule has 0 atom stereocenters. The fourth-order valence-corrected chi connectivity index (χ4v) is 1.42. The number of hydrogen-bond acceptors (Lipinski definition) is 4. The quantitative estimate of drug-likeness (QED) is 0.822. The summed E-state index contributed by atoms with van der Waals surface area (Å²) in [4.78, 5) is 10.4. The highest BCUT2D eigenvalue weighted by molar-refractivity contribution is 5.67. The lowest BCUT2D eigenvalue weighted by Crippen LogP contribution is -2.01. The lowest BCUT2D eigenvalue weighted by atomic mass is 10.1. The van der Waals surface area contributed by atoms with Crippen molar-refractivity contribution in [2.24, 2.45) is 0 Å². The fourth-order valence-electron chi connectivity index (χ4n) is 1.42. The van der Waals surface area contributed by atoms with E-state index in [1.165, 1.54) is 20.3 Å². The van der Waals surface area contributed by atoms with Gasteiger partial charge in [0.1, 0.15) is 0 Å². The predicted molar refractivity (Wildman–Crippen MR) is 57.1 cm³/mol. The Labute approximate surface area is 97.4 Å². The normalized spacial score (nSPS) is 10.1. The zero-order valence-electron chi connectivity index (χ0n) is 9.49. The molecule has 1 aromatic carbocycles. The molecule has 0 aliphatic rings. The maximum Gasteiger partial charge on any atom is 0.303 e. The summed E-state index contributed by atoms with van der Waals surface area (Å²) >= 11 is 0. The number of aliphatic carboxylic acids is 1. The van der Waals surface area contributed by atoms with Gasteiger partial charge in [0.2, 0.25) is 11.6 Å². The van der Waals surface area contributed by atoms with Crippen molar-refractivity contribution in [3.05, 3.63) is 17.4 Å². The number of phenolic OH excluding ortho intramolecular Hbond substituents is 1. The standard InChI is InChI=1S/C11H13FO5/c1-16-7-5-6(3-4-8(13)14)10(15)9(12)11(7)17-2/h5,15H,3-4H2,1-2H3,(H,13,14). The van der Waals surface area contributed by atoms with Crippen molar-refractivity contribution in [3.8, 4) is 17.2 Å². The molecule has 0 fully saturated rings. The van der Waals surface area contributed by atoms with E-state index in [1.807, 2.05) is 0 Å². The topological polar surface area (TPSA) is 76.0 Å². The summed E-state index contributed by atoms with van der Waals surface area (Å²) in [6.07, 6.45) is -0.194. The molecule has 1 aromatic rings. The van der Waals surface area contributed by atoms with Crippen LogP contribution in [0.4, 0.5) is 4.39 Å². The van der Waals surface area contributed by atoms with Crippen molar-refractivity contribution in [2.45, 2.75) is 12.8 Å². The molecule has 0 radical (unpaired) electrons. The maximum atomic E-state index is 13.6. The number of carbonyl (C=O) groups is 1. The minimum Gasteiger partial charge on any atom is -0.505 e. The van der Waals surface area contributed by atoms with Crippen molar-refractivity contribution in [1.82, 2.24) is 0 Å². The molecular weight excluding hydrogens is 231 g/mol. The van der Waals surface area contributed by atoms with Crippen LogP contribution in [0.1, 0.15) is 12.0 Å². The fraction of sp³-hybridized carbons (Fsp3) is 0.364. The lowest BCUT2D eigenvalue weighted by Gasteiger charge is -2.12. The smallest absolute Gasteiger partial charge is 0.303 e. The van der Waals surface area contributed by atoms with E-state index in [0.717, 1.165) is 0 Å². The maximum absolute atomic E-state index is 13.6. The third kappa shape index (κ3) is 2.77. The van der Waals surface area contributed by atoms with E-state index in [1.54, 1.807) is 0 Å².